The molecule has 0 saturated heterocycles. The summed E-state index contributed by atoms with van der Waals surface area (Å²) in [5.41, 5.74) is 0.617. The van der Waals surface area contributed by atoms with Gasteiger partial charge in [-0.1, -0.05) is 6.92 Å². The lowest BCUT2D eigenvalue weighted by Crippen LogP contribution is -2.15. The van der Waals surface area contributed by atoms with Gasteiger partial charge in [-0.25, -0.2) is 0 Å². The van der Waals surface area contributed by atoms with E-state index in [1.807, 2.05) is 12.1 Å². The number of carbonyl (C=O) groups excluding carboxylic acids is 1. The van der Waals surface area contributed by atoms with E-state index >= 15 is 0 Å². The Bertz CT molecular complexity index is 375. The van der Waals surface area contributed by atoms with E-state index in [1.165, 1.54) is 0 Å². The fourth-order valence-electron chi connectivity index (χ4n) is 1.14. The van der Waals surface area contributed by atoms with Crippen LogP contribution >= 0.6 is 11.8 Å². The SMILES string of the molecule is CCSc1ccc(NC(=O)CC(=O)O)cc1. The van der Waals surface area contributed by atoms with Crippen molar-refractivity contribution in [3.05, 3.63) is 24.3 Å². The van der Waals surface area contributed by atoms with Crippen molar-refractivity contribution in [3.63, 3.8) is 0 Å². The lowest BCUT2D eigenvalue weighted by atomic mass is 10.3. The van der Waals surface area contributed by atoms with E-state index in [0.29, 0.717) is 5.69 Å². The number of nitrogens with one attached hydrogen (secondary N) is 1. The first-order valence-electron chi connectivity index (χ1n) is 4.86. The first-order valence-corrected chi connectivity index (χ1v) is 5.85. The summed E-state index contributed by atoms with van der Waals surface area (Å²) in [5, 5.41) is 10.9. The van der Waals surface area contributed by atoms with Gasteiger partial charge < -0.3 is 10.4 Å². The minimum atomic E-state index is -1.13. The van der Waals surface area contributed by atoms with Crippen molar-refractivity contribution in [2.24, 2.45) is 0 Å². The van der Waals surface area contributed by atoms with Crippen LogP contribution < -0.4 is 5.32 Å². The third-order valence-corrected chi connectivity index (χ3v) is 2.66. The van der Waals surface area contributed by atoms with Gasteiger partial charge in [-0.05, 0) is 30.0 Å². The van der Waals surface area contributed by atoms with Crippen LogP contribution in [0.4, 0.5) is 5.69 Å². The molecule has 4 nitrogen and oxygen atoms in total. The number of aliphatic carboxylic acids is 1. The predicted octanol–water partition coefficient (Wildman–Crippen LogP) is 2.21. The minimum Gasteiger partial charge on any atom is -0.481 e. The van der Waals surface area contributed by atoms with Crippen LogP contribution in [0, 0.1) is 0 Å². The topological polar surface area (TPSA) is 66.4 Å². The highest BCUT2D eigenvalue weighted by atomic mass is 32.2. The van der Waals surface area contributed by atoms with Crippen molar-refractivity contribution >= 4 is 29.3 Å². The summed E-state index contributed by atoms with van der Waals surface area (Å²) < 4.78 is 0. The number of carboxylic acids is 1. The number of carboxylic acid groups (broad SMARTS) is 1. The predicted molar refractivity (Wildman–Crippen MR) is 63.7 cm³/mol. The van der Waals surface area contributed by atoms with E-state index in [1.54, 1.807) is 23.9 Å². The molecule has 16 heavy (non-hydrogen) atoms. The number of benzene rings is 1. The molecule has 0 fully saturated rings. The zero-order chi connectivity index (χ0) is 12.0. The van der Waals surface area contributed by atoms with Crippen LogP contribution in [-0.2, 0) is 9.59 Å². The molecular weight excluding hydrogens is 226 g/mol. The fourth-order valence-corrected chi connectivity index (χ4v) is 1.81. The van der Waals surface area contributed by atoms with Gasteiger partial charge in [0.15, 0.2) is 0 Å². The van der Waals surface area contributed by atoms with Crippen LogP contribution in [0.3, 0.4) is 0 Å². The number of hydrogen-bond donors (Lipinski definition) is 2. The van der Waals surface area contributed by atoms with Gasteiger partial charge in [-0.15, -0.1) is 11.8 Å². The van der Waals surface area contributed by atoms with Crippen LogP contribution in [0.2, 0.25) is 0 Å². The van der Waals surface area contributed by atoms with Crippen molar-refractivity contribution < 1.29 is 14.7 Å². The highest BCUT2D eigenvalue weighted by Gasteiger charge is 2.07. The van der Waals surface area contributed by atoms with E-state index in [9.17, 15) is 9.59 Å². The highest BCUT2D eigenvalue weighted by molar-refractivity contribution is 7.99. The van der Waals surface area contributed by atoms with Crippen LogP contribution in [0.15, 0.2) is 29.2 Å². The van der Waals surface area contributed by atoms with E-state index in [0.717, 1.165) is 10.6 Å². The number of amides is 1. The third-order valence-electron chi connectivity index (χ3n) is 1.76. The minimum absolute atomic E-state index is 0.508. The monoisotopic (exact) mass is 239 g/mol. The van der Waals surface area contributed by atoms with Gasteiger partial charge in [0.1, 0.15) is 6.42 Å². The van der Waals surface area contributed by atoms with Gasteiger partial charge in [-0.2, -0.15) is 0 Å². The fraction of sp³-hybridized carbons (Fsp3) is 0.273. The average Bonchev–Trinajstić information content (AvgIpc) is 2.20. The quantitative estimate of drug-likeness (QED) is 0.610. The number of rotatable bonds is 5. The van der Waals surface area contributed by atoms with E-state index in [2.05, 4.69) is 12.2 Å². The molecule has 1 aromatic rings. The van der Waals surface area contributed by atoms with Crippen LogP contribution in [0.25, 0.3) is 0 Å². The highest BCUT2D eigenvalue weighted by Crippen LogP contribution is 2.19. The third kappa shape index (κ3) is 4.35. The Labute approximate surface area is 98.0 Å². The molecular formula is C11H13NO3S. The van der Waals surface area contributed by atoms with Crippen LogP contribution in [0.5, 0.6) is 0 Å². The maximum atomic E-state index is 11.1. The molecule has 1 rings (SSSR count). The van der Waals surface area contributed by atoms with Crippen molar-refractivity contribution in [3.8, 4) is 0 Å². The summed E-state index contributed by atoms with van der Waals surface area (Å²) in [6.45, 7) is 2.06. The zero-order valence-corrected chi connectivity index (χ0v) is 9.71. The average molecular weight is 239 g/mol. The first-order chi connectivity index (χ1) is 7.61. The molecule has 0 aliphatic heterocycles. The lowest BCUT2D eigenvalue weighted by Gasteiger charge is -2.04. The second-order valence-corrected chi connectivity index (χ2v) is 4.41. The molecule has 0 unspecified atom stereocenters. The summed E-state index contributed by atoms with van der Waals surface area (Å²) in [5.74, 6) is -0.649. The van der Waals surface area contributed by atoms with Crippen molar-refractivity contribution in [1.82, 2.24) is 0 Å². The molecule has 0 bridgehead atoms. The normalized spacial score (nSPS) is 9.81. The first kappa shape index (κ1) is 12.6. The largest absolute Gasteiger partial charge is 0.481 e. The Kier molecular flexibility index (Phi) is 4.85. The molecule has 1 aromatic carbocycles. The Balaban J connectivity index is 2.54. The Hall–Kier alpha value is -1.49. The van der Waals surface area contributed by atoms with E-state index in [-0.39, 0.29) is 0 Å². The Morgan fingerprint density at radius 2 is 1.94 bits per heavy atom. The number of hydrogen-bond acceptors (Lipinski definition) is 3. The zero-order valence-electron chi connectivity index (χ0n) is 8.90. The standard InChI is InChI=1S/C11H13NO3S/c1-2-16-9-5-3-8(4-6-9)12-10(13)7-11(14)15/h3-6H,2,7H2,1H3,(H,12,13)(H,14,15). The summed E-state index contributed by atoms with van der Waals surface area (Å²) in [7, 11) is 0. The van der Waals surface area contributed by atoms with Gasteiger partial charge in [0.2, 0.25) is 5.91 Å². The lowest BCUT2D eigenvalue weighted by molar-refractivity contribution is -0.139. The molecule has 0 aliphatic carbocycles. The van der Waals surface area contributed by atoms with Gasteiger partial charge >= 0.3 is 5.97 Å². The molecule has 2 N–H and O–H groups in total. The molecule has 0 atom stereocenters. The molecule has 1 amide bonds. The van der Waals surface area contributed by atoms with Gasteiger partial charge in [0, 0.05) is 10.6 Å². The van der Waals surface area contributed by atoms with Gasteiger partial charge in [0.25, 0.3) is 0 Å². The number of carbonyl (C=O) groups is 2. The molecule has 0 aromatic heterocycles. The molecule has 5 heteroatoms. The maximum absolute atomic E-state index is 11.1. The molecule has 0 radical (unpaired) electrons. The molecule has 0 aliphatic rings. The van der Waals surface area contributed by atoms with E-state index in [4.69, 9.17) is 5.11 Å². The van der Waals surface area contributed by atoms with Crippen molar-refractivity contribution in [2.45, 2.75) is 18.2 Å². The van der Waals surface area contributed by atoms with Crippen LogP contribution in [-0.4, -0.2) is 22.7 Å². The Morgan fingerprint density at radius 1 is 1.31 bits per heavy atom. The summed E-state index contributed by atoms with van der Waals surface area (Å²) in [4.78, 5) is 22.5. The molecule has 0 spiro atoms. The summed E-state index contributed by atoms with van der Waals surface area (Å²) >= 11 is 1.71. The summed E-state index contributed by atoms with van der Waals surface area (Å²) in [6, 6.07) is 7.31. The molecule has 0 saturated carbocycles. The number of anilines is 1. The van der Waals surface area contributed by atoms with E-state index < -0.39 is 18.3 Å². The number of thioether (sulfide) groups is 1. The van der Waals surface area contributed by atoms with Crippen molar-refractivity contribution in [1.29, 1.82) is 0 Å². The second-order valence-electron chi connectivity index (χ2n) is 3.08. The smallest absolute Gasteiger partial charge is 0.312 e. The Morgan fingerprint density at radius 3 is 2.44 bits per heavy atom. The van der Waals surface area contributed by atoms with Crippen LogP contribution in [0.1, 0.15) is 13.3 Å². The van der Waals surface area contributed by atoms with Crippen molar-refractivity contribution in [2.75, 3.05) is 11.1 Å². The summed E-state index contributed by atoms with van der Waals surface area (Å²) in [6.07, 6.45) is -0.508. The van der Waals surface area contributed by atoms with Gasteiger partial charge in [0.05, 0.1) is 0 Å². The maximum Gasteiger partial charge on any atom is 0.312 e. The molecule has 0 heterocycles. The second kappa shape index (κ2) is 6.17. The van der Waals surface area contributed by atoms with Gasteiger partial charge in [-0.3, -0.25) is 9.59 Å². The molecule has 86 valence electrons.